The fraction of sp³-hybridized carbons (Fsp3) is 0.167. The highest BCUT2D eigenvalue weighted by molar-refractivity contribution is 7.98. The summed E-state index contributed by atoms with van der Waals surface area (Å²) in [5.41, 5.74) is 1.68. The molecule has 0 N–H and O–H groups in total. The fourth-order valence-electron chi connectivity index (χ4n) is 1.61. The van der Waals surface area contributed by atoms with Gasteiger partial charge in [-0.25, -0.2) is 9.67 Å². The Bertz CT molecular complexity index is 726. The van der Waals surface area contributed by atoms with E-state index in [1.54, 1.807) is 18.0 Å². The summed E-state index contributed by atoms with van der Waals surface area (Å²) in [6.45, 7) is 0. The lowest BCUT2D eigenvalue weighted by Gasteiger charge is -1.96. The molecule has 0 fully saturated rings. The molecule has 0 spiro atoms. The molecule has 0 unspecified atom stereocenters. The number of aryl methyl sites for hydroxylation is 1. The van der Waals surface area contributed by atoms with Crippen LogP contribution in [0.3, 0.4) is 0 Å². The van der Waals surface area contributed by atoms with Crippen LogP contribution in [-0.4, -0.2) is 25.2 Å². The van der Waals surface area contributed by atoms with Crippen LogP contribution < -0.4 is 0 Å². The number of tetrazole rings is 1. The van der Waals surface area contributed by atoms with Crippen LogP contribution in [0.15, 0.2) is 40.1 Å². The van der Waals surface area contributed by atoms with Gasteiger partial charge in [-0.3, -0.25) is 0 Å². The average molecular weight is 308 g/mol. The zero-order valence-electron chi connectivity index (χ0n) is 10.5. The number of thioether (sulfide) groups is 1. The van der Waals surface area contributed by atoms with E-state index >= 15 is 0 Å². The Labute approximate surface area is 124 Å². The van der Waals surface area contributed by atoms with Crippen LogP contribution in [0.4, 0.5) is 0 Å². The molecule has 0 radical (unpaired) electrons. The quantitative estimate of drug-likeness (QED) is 0.690. The fourth-order valence-corrected chi connectivity index (χ4v) is 2.53. The van der Waals surface area contributed by atoms with Crippen LogP contribution in [0, 0.1) is 0 Å². The highest BCUT2D eigenvalue weighted by Gasteiger charge is 2.09. The second kappa shape index (κ2) is 5.64. The Morgan fingerprint density at radius 2 is 2.30 bits per heavy atom. The zero-order chi connectivity index (χ0) is 13.9. The van der Waals surface area contributed by atoms with Crippen molar-refractivity contribution in [1.29, 1.82) is 0 Å². The molecule has 6 nitrogen and oxygen atoms in total. The van der Waals surface area contributed by atoms with Crippen molar-refractivity contribution in [2.75, 3.05) is 0 Å². The maximum absolute atomic E-state index is 5.95. The van der Waals surface area contributed by atoms with Gasteiger partial charge in [0.1, 0.15) is 6.26 Å². The van der Waals surface area contributed by atoms with Crippen LogP contribution >= 0.6 is 23.4 Å². The summed E-state index contributed by atoms with van der Waals surface area (Å²) >= 11 is 7.45. The van der Waals surface area contributed by atoms with Gasteiger partial charge in [0.15, 0.2) is 0 Å². The van der Waals surface area contributed by atoms with Gasteiger partial charge in [0.2, 0.25) is 11.0 Å². The first kappa shape index (κ1) is 13.1. The third kappa shape index (κ3) is 2.83. The Kier molecular flexibility index (Phi) is 3.70. The molecule has 0 atom stereocenters. The van der Waals surface area contributed by atoms with E-state index in [0.29, 0.717) is 16.7 Å². The topological polar surface area (TPSA) is 69.6 Å². The van der Waals surface area contributed by atoms with Gasteiger partial charge >= 0.3 is 0 Å². The summed E-state index contributed by atoms with van der Waals surface area (Å²) in [4.78, 5) is 4.43. The SMILES string of the molecule is Cn1nnnc1SCc1coc(-c2cccc(Cl)c2)n1. The third-order valence-corrected chi connectivity index (χ3v) is 3.83. The number of nitrogens with zero attached hydrogens (tertiary/aromatic N) is 5. The number of oxazole rings is 1. The van der Waals surface area contributed by atoms with Crippen LogP contribution in [0.2, 0.25) is 5.02 Å². The van der Waals surface area contributed by atoms with Gasteiger partial charge in [-0.2, -0.15) is 0 Å². The maximum atomic E-state index is 5.95. The van der Waals surface area contributed by atoms with E-state index in [0.717, 1.165) is 16.4 Å². The van der Waals surface area contributed by atoms with E-state index in [1.807, 2.05) is 24.3 Å². The van der Waals surface area contributed by atoms with Gasteiger partial charge in [-0.05, 0) is 28.6 Å². The van der Waals surface area contributed by atoms with Gasteiger partial charge in [0.25, 0.3) is 0 Å². The lowest BCUT2D eigenvalue weighted by molar-refractivity contribution is 0.573. The Morgan fingerprint density at radius 1 is 1.40 bits per heavy atom. The van der Waals surface area contributed by atoms with E-state index in [2.05, 4.69) is 20.5 Å². The smallest absolute Gasteiger partial charge is 0.226 e. The number of halogens is 1. The normalized spacial score (nSPS) is 10.9. The molecular formula is C12H10ClN5OS. The molecule has 20 heavy (non-hydrogen) atoms. The molecule has 0 aliphatic rings. The first-order valence-electron chi connectivity index (χ1n) is 5.78. The molecule has 8 heteroatoms. The lowest BCUT2D eigenvalue weighted by atomic mass is 10.2. The second-order valence-corrected chi connectivity index (χ2v) is 5.41. The minimum Gasteiger partial charge on any atom is -0.444 e. The van der Waals surface area contributed by atoms with Gasteiger partial charge in [0.05, 0.1) is 5.69 Å². The van der Waals surface area contributed by atoms with E-state index in [9.17, 15) is 0 Å². The highest BCUT2D eigenvalue weighted by Crippen LogP contribution is 2.24. The predicted octanol–water partition coefficient (Wildman–Crippen LogP) is 2.81. The predicted molar refractivity (Wildman–Crippen MR) is 75.3 cm³/mol. The van der Waals surface area contributed by atoms with Crippen molar-refractivity contribution in [3.63, 3.8) is 0 Å². The Balaban J connectivity index is 1.72. The number of hydrogen-bond acceptors (Lipinski definition) is 6. The molecule has 0 saturated heterocycles. The molecule has 102 valence electrons. The number of hydrogen-bond donors (Lipinski definition) is 0. The second-order valence-electron chi connectivity index (χ2n) is 4.03. The number of benzene rings is 1. The van der Waals surface area contributed by atoms with Crippen molar-refractivity contribution in [3.05, 3.63) is 41.2 Å². The van der Waals surface area contributed by atoms with Gasteiger partial charge in [-0.15, -0.1) is 5.10 Å². The first-order chi connectivity index (χ1) is 9.72. The summed E-state index contributed by atoms with van der Waals surface area (Å²) in [7, 11) is 1.79. The Hall–Kier alpha value is -1.86. The van der Waals surface area contributed by atoms with E-state index in [1.165, 1.54) is 11.8 Å². The van der Waals surface area contributed by atoms with Crippen molar-refractivity contribution in [2.45, 2.75) is 10.9 Å². The van der Waals surface area contributed by atoms with E-state index < -0.39 is 0 Å². The van der Waals surface area contributed by atoms with Gasteiger partial charge < -0.3 is 4.42 Å². The van der Waals surface area contributed by atoms with Crippen molar-refractivity contribution in [3.8, 4) is 11.5 Å². The largest absolute Gasteiger partial charge is 0.444 e. The minimum atomic E-state index is 0.555. The van der Waals surface area contributed by atoms with Crippen molar-refractivity contribution in [2.24, 2.45) is 7.05 Å². The van der Waals surface area contributed by atoms with E-state index in [4.69, 9.17) is 16.0 Å². The standard InChI is InChI=1S/C12H10ClN5OS/c1-18-12(15-16-17-18)20-7-10-6-19-11(14-10)8-3-2-4-9(13)5-8/h2-6H,7H2,1H3. The van der Waals surface area contributed by atoms with Crippen molar-refractivity contribution in [1.82, 2.24) is 25.2 Å². The summed E-state index contributed by atoms with van der Waals surface area (Å²) in [5, 5.41) is 12.6. The van der Waals surface area contributed by atoms with Crippen LogP contribution in [0.1, 0.15) is 5.69 Å². The van der Waals surface area contributed by atoms with Crippen LogP contribution in [-0.2, 0) is 12.8 Å². The molecule has 3 rings (SSSR count). The summed E-state index contributed by atoms with van der Waals surface area (Å²) in [6.07, 6.45) is 1.63. The number of aromatic nitrogens is 5. The molecule has 0 amide bonds. The van der Waals surface area contributed by atoms with Gasteiger partial charge in [-0.1, -0.05) is 29.4 Å². The van der Waals surface area contributed by atoms with Crippen LogP contribution in [0.5, 0.6) is 0 Å². The Morgan fingerprint density at radius 3 is 3.05 bits per heavy atom. The van der Waals surface area contributed by atoms with Crippen molar-refractivity contribution < 1.29 is 4.42 Å². The average Bonchev–Trinajstić information content (AvgIpc) is 3.05. The summed E-state index contributed by atoms with van der Waals surface area (Å²) in [6, 6.07) is 7.39. The summed E-state index contributed by atoms with van der Waals surface area (Å²) in [5.74, 6) is 1.19. The number of rotatable bonds is 4. The highest BCUT2D eigenvalue weighted by atomic mass is 35.5. The summed E-state index contributed by atoms with van der Waals surface area (Å²) < 4.78 is 7.08. The minimum absolute atomic E-state index is 0.555. The molecule has 2 heterocycles. The molecule has 0 bridgehead atoms. The third-order valence-electron chi connectivity index (χ3n) is 2.55. The molecule has 3 aromatic rings. The van der Waals surface area contributed by atoms with Crippen LogP contribution in [0.25, 0.3) is 11.5 Å². The molecule has 0 aliphatic carbocycles. The van der Waals surface area contributed by atoms with Crippen molar-refractivity contribution >= 4 is 23.4 Å². The maximum Gasteiger partial charge on any atom is 0.226 e. The molecular weight excluding hydrogens is 298 g/mol. The molecule has 0 aliphatic heterocycles. The molecule has 2 aromatic heterocycles. The molecule has 1 aromatic carbocycles. The van der Waals surface area contributed by atoms with Gasteiger partial charge in [0, 0.05) is 23.4 Å². The monoisotopic (exact) mass is 307 g/mol. The lowest BCUT2D eigenvalue weighted by Crippen LogP contribution is -1.93. The first-order valence-corrected chi connectivity index (χ1v) is 7.14. The zero-order valence-corrected chi connectivity index (χ0v) is 12.1. The molecule has 0 saturated carbocycles. The van der Waals surface area contributed by atoms with E-state index in [-0.39, 0.29) is 0 Å².